The van der Waals surface area contributed by atoms with Crippen molar-refractivity contribution in [2.45, 2.75) is 19.4 Å². The number of benzene rings is 1. The van der Waals surface area contributed by atoms with Crippen LogP contribution in [-0.2, 0) is 19.1 Å². The van der Waals surface area contributed by atoms with E-state index >= 15 is 0 Å². The summed E-state index contributed by atoms with van der Waals surface area (Å²) >= 11 is 0. The number of carbonyl (C=O) groups is 3. The van der Waals surface area contributed by atoms with E-state index in [1.165, 1.54) is 0 Å². The summed E-state index contributed by atoms with van der Waals surface area (Å²) < 4.78 is 4.91. The molecule has 0 bridgehead atoms. The van der Waals surface area contributed by atoms with Crippen molar-refractivity contribution in [2.75, 3.05) is 11.5 Å². The third-order valence-corrected chi connectivity index (χ3v) is 3.87. The van der Waals surface area contributed by atoms with Gasteiger partial charge in [0, 0.05) is 0 Å². The summed E-state index contributed by atoms with van der Waals surface area (Å²) in [6.07, 6.45) is 0. The van der Waals surface area contributed by atoms with Gasteiger partial charge in [0.25, 0.3) is 5.91 Å². The molecule has 114 valence electrons. The maximum Gasteiger partial charge on any atom is 0.355 e. The highest BCUT2D eigenvalue weighted by molar-refractivity contribution is 6.47. The van der Waals surface area contributed by atoms with Gasteiger partial charge in [0.2, 0.25) is 5.91 Å². The van der Waals surface area contributed by atoms with Gasteiger partial charge in [0.1, 0.15) is 11.5 Å². The zero-order valence-corrected chi connectivity index (χ0v) is 12.2. The molecule has 1 fully saturated rings. The fourth-order valence-corrected chi connectivity index (χ4v) is 2.77. The molecule has 2 amide bonds. The summed E-state index contributed by atoms with van der Waals surface area (Å²) in [4.78, 5) is 38.4. The van der Waals surface area contributed by atoms with Crippen LogP contribution >= 0.6 is 0 Å². The average Bonchev–Trinajstić information content (AvgIpc) is 2.95. The minimum Gasteiger partial charge on any atom is -0.461 e. The Balaban J connectivity index is 1.99. The predicted molar refractivity (Wildman–Crippen MR) is 78.0 cm³/mol. The fourth-order valence-electron chi connectivity index (χ4n) is 2.77. The standard InChI is InChI=1S/C15H15N3O4/c1-3-22-13(20)11-10-12(19)18(9-7-5-4-6-8-9)14(21)15(10,2)17-16-11/h4-8,10,17H,3H2,1-2H3/t10-,15+/m0/s1. The van der Waals surface area contributed by atoms with Gasteiger partial charge in [-0.25, -0.2) is 9.69 Å². The molecule has 1 aromatic carbocycles. The van der Waals surface area contributed by atoms with Crippen molar-refractivity contribution in [3.05, 3.63) is 30.3 Å². The van der Waals surface area contributed by atoms with Crippen molar-refractivity contribution >= 4 is 29.2 Å². The Morgan fingerprint density at radius 3 is 2.68 bits per heavy atom. The quantitative estimate of drug-likeness (QED) is 0.647. The van der Waals surface area contributed by atoms with Crippen LogP contribution in [0.3, 0.4) is 0 Å². The highest BCUT2D eigenvalue weighted by Gasteiger charge is 2.63. The average molecular weight is 301 g/mol. The highest BCUT2D eigenvalue weighted by Crippen LogP contribution is 2.37. The molecule has 7 heteroatoms. The maximum absolute atomic E-state index is 12.7. The van der Waals surface area contributed by atoms with E-state index in [1.54, 1.807) is 44.2 Å². The summed E-state index contributed by atoms with van der Waals surface area (Å²) in [5, 5.41) is 3.86. The van der Waals surface area contributed by atoms with Gasteiger partial charge in [-0.2, -0.15) is 5.10 Å². The van der Waals surface area contributed by atoms with Gasteiger partial charge in [-0.3, -0.25) is 15.0 Å². The Bertz CT molecular complexity index is 685. The van der Waals surface area contributed by atoms with Crippen LogP contribution in [0.4, 0.5) is 5.69 Å². The van der Waals surface area contributed by atoms with Crippen LogP contribution in [0.1, 0.15) is 13.8 Å². The van der Waals surface area contributed by atoms with E-state index in [0.717, 1.165) is 4.90 Å². The van der Waals surface area contributed by atoms with Gasteiger partial charge in [-0.15, -0.1) is 0 Å². The number of hydrazone groups is 1. The van der Waals surface area contributed by atoms with Gasteiger partial charge >= 0.3 is 5.97 Å². The van der Waals surface area contributed by atoms with E-state index in [0.29, 0.717) is 5.69 Å². The van der Waals surface area contributed by atoms with Crippen LogP contribution < -0.4 is 10.3 Å². The third kappa shape index (κ3) is 1.82. The molecule has 2 aliphatic rings. The van der Waals surface area contributed by atoms with Crippen LogP contribution in [-0.4, -0.2) is 35.6 Å². The molecule has 0 saturated carbocycles. The second kappa shape index (κ2) is 4.94. The summed E-state index contributed by atoms with van der Waals surface area (Å²) in [7, 11) is 0. The molecule has 7 nitrogen and oxygen atoms in total. The first-order valence-electron chi connectivity index (χ1n) is 6.96. The number of anilines is 1. The van der Waals surface area contributed by atoms with E-state index in [9.17, 15) is 14.4 Å². The molecule has 3 rings (SSSR count). The van der Waals surface area contributed by atoms with Crippen LogP contribution in [0.2, 0.25) is 0 Å². The Morgan fingerprint density at radius 1 is 1.36 bits per heavy atom. The highest BCUT2D eigenvalue weighted by atomic mass is 16.5. The number of hydrogen-bond acceptors (Lipinski definition) is 6. The molecule has 0 radical (unpaired) electrons. The number of para-hydroxylation sites is 1. The molecule has 0 spiro atoms. The lowest BCUT2D eigenvalue weighted by Gasteiger charge is -2.20. The number of fused-ring (bicyclic) bond motifs is 1. The van der Waals surface area contributed by atoms with Crippen molar-refractivity contribution < 1.29 is 19.1 Å². The predicted octanol–water partition coefficient (Wildman–Crippen LogP) is 0.457. The normalized spacial score (nSPS) is 26.5. The molecule has 0 unspecified atom stereocenters. The number of nitrogens with one attached hydrogen (secondary N) is 1. The SMILES string of the molecule is CCOC(=O)C1=NN[C@@]2(C)C(=O)N(c3ccccc3)C(=O)[C@H]12. The topological polar surface area (TPSA) is 88.1 Å². The first-order chi connectivity index (χ1) is 10.5. The molecule has 2 heterocycles. The lowest BCUT2D eigenvalue weighted by molar-refractivity contribution is -0.136. The lowest BCUT2D eigenvalue weighted by Crippen LogP contribution is -2.48. The van der Waals surface area contributed by atoms with Gasteiger partial charge in [0.15, 0.2) is 5.71 Å². The van der Waals surface area contributed by atoms with E-state index in [4.69, 9.17) is 4.74 Å². The van der Waals surface area contributed by atoms with Crippen LogP contribution in [0.15, 0.2) is 35.4 Å². The number of amides is 2. The number of hydrogen-bond donors (Lipinski definition) is 1. The molecule has 1 aromatic rings. The molecular formula is C15H15N3O4. The van der Waals surface area contributed by atoms with E-state index in [1.807, 2.05) is 0 Å². The van der Waals surface area contributed by atoms with Crippen LogP contribution in [0, 0.1) is 5.92 Å². The molecule has 0 aromatic heterocycles. The maximum atomic E-state index is 12.7. The van der Waals surface area contributed by atoms with Crippen LogP contribution in [0.25, 0.3) is 0 Å². The molecular weight excluding hydrogens is 286 g/mol. The van der Waals surface area contributed by atoms with Crippen molar-refractivity contribution in [3.63, 3.8) is 0 Å². The first-order valence-corrected chi connectivity index (χ1v) is 6.96. The Labute approximate surface area is 126 Å². The number of esters is 1. The van der Waals surface area contributed by atoms with Gasteiger partial charge in [0.05, 0.1) is 12.3 Å². The minimum absolute atomic E-state index is 0.0545. The Kier molecular flexibility index (Phi) is 3.20. The summed E-state index contributed by atoms with van der Waals surface area (Å²) in [6.45, 7) is 3.40. The molecule has 1 saturated heterocycles. The second-order valence-electron chi connectivity index (χ2n) is 5.28. The number of imide groups is 1. The van der Waals surface area contributed by atoms with Gasteiger partial charge in [-0.05, 0) is 26.0 Å². The van der Waals surface area contributed by atoms with Crippen LogP contribution in [0.5, 0.6) is 0 Å². The Hall–Kier alpha value is -2.70. The molecule has 0 aliphatic carbocycles. The van der Waals surface area contributed by atoms with Gasteiger partial charge in [-0.1, -0.05) is 18.2 Å². The summed E-state index contributed by atoms with van der Waals surface area (Å²) in [6, 6.07) is 8.60. The molecule has 2 aliphatic heterocycles. The molecule has 22 heavy (non-hydrogen) atoms. The van der Waals surface area contributed by atoms with Crippen molar-refractivity contribution in [1.82, 2.24) is 5.43 Å². The van der Waals surface area contributed by atoms with E-state index in [2.05, 4.69) is 10.5 Å². The zero-order valence-electron chi connectivity index (χ0n) is 12.2. The smallest absolute Gasteiger partial charge is 0.355 e. The fraction of sp³-hybridized carbons (Fsp3) is 0.333. The molecule has 1 N–H and O–H groups in total. The first kappa shape index (κ1) is 14.2. The van der Waals surface area contributed by atoms with Crippen molar-refractivity contribution in [3.8, 4) is 0 Å². The minimum atomic E-state index is -1.25. The lowest BCUT2D eigenvalue weighted by atomic mass is 9.86. The summed E-state index contributed by atoms with van der Waals surface area (Å²) in [5.41, 5.74) is 1.80. The van der Waals surface area contributed by atoms with Crippen molar-refractivity contribution in [2.24, 2.45) is 11.0 Å². The van der Waals surface area contributed by atoms with Gasteiger partial charge < -0.3 is 4.74 Å². The summed E-state index contributed by atoms with van der Waals surface area (Å²) in [5.74, 6) is -2.56. The van der Waals surface area contributed by atoms with E-state index < -0.39 is 29.2 Å². The monoisotopic (exact) mass is 301 g/mol. The van der Waals surface area contributed by atoms with E-state index in [-0.39, 0.29) is 12.3 Å². The Morgan fingerprint density at radius 2 is 2.05 bits per heavy atom. The second-order valence-corrected chi connectivity index (χ2v) is 5.28. The molecule has 2 atom stereocenters. The number of nitrogens with zero attached hydrogens (tertiary/aromatic N) is 2. The third-order valence-electron chi connectivity index (χ3n) is 3.87. The number of carbonyl (C=O) groups excluding carboxylic acids is 3. The zero-order chi connectivity index (χ0) is 15.9. The van der Waals surface area contributed by atoms with Crippen molar-refractivity contribution in [1.29, 1.82) is 0 Å². The number of ether oxygens (including phenoxy) is 1. The largest absolute Gasteiger partial charge is 0.461 e. The number of rotatable bonds is 3.